The molecule has 8 nitrogen and oxygen atoms in total. The molecule has 4 rings (SSSR count). The van der Waals surface area contributed by atoms with E-state index in [9.17, 15) is 9.59 Å². The second kappa shape index (κ2) is 8.23. The molecule has 2 N–H and O–H groups in total. The summed E-state index contributed by atoms with van der Waals surface area (Å²) in [6.07, 6.45) is 3.66. The molecule has 1 amide bonds. The number of hydrogen-bond acceptors (Lipinski definition) is 6. The number of piperazine rings is 1. The van der Waals surface area contributed by atoms with Crippen molar-refractivity contribution in [2.75, 3.05) is 38.1 Å². The van der Waals surface area contributed by atoms with Crippen molar-refractivity contribution in [1.82, 2.24) is 25.2 Å². The second-order valence-corrected chi connectivity index (χ2v) is 7.66. The predicted octanol–water partition coefficient (Wildman–Crippen LogP) is 1.87. The molecule has 0 radical (unpaired) electrons. The molecule has 0 unspecified atom stereocenters. The van der Waals surface area contributed by atoms with E-state index in [0.29, 0.717) is 11.3 Å². The Labute approximate surface area is 175 Å². The van der Waals surface area contributed by atoms with Crippen LogP contribution in [-0.4, -0.2) is 59.0 Å². The highest BCUT2D eigenvalue weighted by Crippen LogP contribution is 2.25. The van der Waals surface area contributed by atoms with Crippen LogP contribution in [0.15, 0.2) is 41.5 Å². The van der Waals surface area contributed by atoms with E-state index < -0.39 is 0 Å². The van der Waals surface area contributed by atoms with Crippen LogP contribution in [-0.2, 0) is 0 Å². The highest BCUT2D eigenvalue weighted by Gasteiger charge is 2.23. The van der Waals surface area contributed by atoms with E-state index in [4.69, 9.17) is 0 Å². The van der Waals surface area contributed by atoms with Gasteiger partial charge in [0.2, 0.25) is 0 Å². The third kappa shape index (κ3) is 3.91. The van der Waals surface area contributed by atoms with Gasteiger partial charge in [-0.1, -0.05) is 0 Å². The Morgan fingerprint density at radius 3 is 2.57 bits per heavy atom. The first-order valence-electron chi connectivity index (χ1n) is 10.1. The van der Waals surface area contributed by atoms with E-state index in [0.717, 1.165) is 48.5 Å². The number of carbonyl (C=O) groups is 1. The maximum Gasteiger partial charge on any atom is 0.269 e. The van der Waals surface area contributed by atoms with E-state index in [1.165, 1.54) is 0 Å². The molecule has 3 aromatic rings. The third-order valence-corrected chi connectivity index (χ3v) is 5.82. The summed E-state index contributed by atoms with van der Waals surface area (Å²) in [5, 5.41) is 2.58. The molecule has 1 aliphatic rings. The number of fused-ring (bicyclic) bond motifs is 1. The van der Waals surface area contributed by atoms with Crippen molar-refractivity contribution in [3.63, 3.8) is 0 Å². The summed E-state index contributed by atoms with van der Waals surface area (Å²) in [4.78, 5) is 40.0. The average Bonchev–Trinajstić information content (AvgIpc) is 2.79. The van der Waals surface area contributed by atoms with Gasteiger partial charge in [-0.15, -0.1) is 0 Å². The van der Waals surface area contributed by atoms with Gasteiger partial charge in [-0.3, -0.25) is 19.5 Å². The Morgan fingerprint density at radius 1 is 1.13 bits per heavy atom. The number of hydrogen-bond donors (Lipinski definition) is 2. The fourth-order valence-corrected chi connectivity index (χ4v) is 3.84. The van der Waals surface area contributed by atoms with Crippen LogP contribution < -0.4 is 15.8 Å². The predicted molar refractivity (Wildman–Crippen MR) is 117 cm³/mol. The summed E-state index contributed by atoms with van der Waals surface area (Å²) < 4.78 is 0. The van der Waals surface area contributed by atoms with Crippen LogP contribution in [0.3, 0.4) is 0 Å². The molecule has 1 aliphatic heterocycles. The molecule has 1 saturated heterocycles. The van der Waals surface area contributed by atoms with Gasteiger partial charge >= 0.3 is 0 Å². The van der Waals surface area contributed by atoms with Crippen molar-refractivity contribution in [3.8, 4) is 0 Å². The van der Waals surface area contributed by atoms with Gasteiger partial charge in [-0.25, -0.2) is 4.98 Å². The Morgan fingerprint density at radius 2 is 1.90 bits per heavy atom. The molecule has 1 atom stereocenters. The largest absolute Gasteiger partial charge is 0.368 e. The maximum absolute atomic E-state index is 11.9. The molecule has 1 fully saturated rings. The van der Waals surface area contributed by atoms with Gasteiger partial charge in [0.1, 0.15) is 5.69 Å². The van der Waals surface area contributed by atoms with E-state index in [-0.39, 0.29) is 17.5 Å². The molecule has 3 aromatic heterocycles. The number of H-pyrrole nitrogens is 1. The van der Waals surface area contributed by atoms with Crippen molar-refractivity contribution in [2.24, 2.45) is 0 Å². The summed E-state index contributed by atoms with van der Waals surface area (Å²) in [6.45, 7) is 7.52. The van der Waals surface area contributed by atoms with Gasteiger partial charge in [0.15, 0.2) is 0 Å². The van der Waals surface area contributed by atoms with Gasteiger partial charge in [-0.2, -0.15) is 0 Å². The molecule has 0 saturated carbocycles. The Kier molecular flexibility index (Phi) is 5.50. The van der Waals surface area contributed by atoms with Gasteiger partial charge in [0, 0.05) is 51.0 Å². The highest BCUT2D eigenvalue weighted by atomic mass is 16.1. The first kappa shape index (κ1) is 20.0. The van der Waals surface area contributed by atoms with Crippen molar-refractivity contribution in [1.29, 1.82) is 0 Å². The molecule has 8 heteroatoms. The second-order valence-electron chi connectivity index (χ2n) is 7.66. The number of pyridine rings is 3. The zero-order valence-electron chi connectivity index (χ0n) is 17.5. The molecule has 0 aromatic carbocycles. The van der Waals surface area contributed by atoms with E-state index in [2.05, 4.69) is 37.0 Å². The van der Waals surface area contributed by atoms with E-state index in [1.807, 2.05) is 24.4 Å². The maximum atomic E-state index is 11.9. The number of aryl methyl sites for hydroxylation is 1. The summed E-state index contributed by atoms with van der Waals surface area (Å²) in [7, 11) is 1.60. The first-order chi connectivity index (χ1) is 14.5. The molecule has 0 bridgehead atoms. The summed E-state index contributed by atoms with van der Waals surface area (Å²) >= 11 is 0. The van der Waals surface area contributed by atoms with Crippen LogP contribution in [0, 0.1) is 6.92 Å². The molecule has 0 aliphatic carbocycles. The number of rotatable bonds is 4. The van der Waals surface area contributed by atoms with E-state index >= 15 is 0 Å². The molecule has 30 heavy (non-hydrogen) atoms. The van der Waals surface area contributed by atoms with Gasteiger partial charge in [-0.05, 0) is 43.7 Å². The smallest absolute Gasteiger partial charge is 0.269 e. The van der Waals surface area contributed by atoms with Gasteiger partial charge in [0.05, 0.1) is 22.9 Å². The minimum absolute atomic E-state index is 0.0706. The number of amides is 1. The first-order valence-corrected chi connectivity index (χ1v) is 10.1. The minimum Gasteiger partial charge on any atom is -0.368 e. The van der Waals surface area contributed by atoms with E-state index in [1.54, 1.807) is 26.2 Å². The standard InChI is InChI=1S/C22H26N6O2/c1-14-10-19-20(26-21(14)29)11-16(12-24-19)15(2)27-6-8-28(9-7-27)17-4-5-18(25-13-17)22(30)23-3/h4-5,10-13,15H,6-9H2,1-3H3,(H,23,30)(H,26,29)/t15-/m1/s1. The molecular weight excluding hydrogens is 380 g/mol. The Hall–Kier alpha value is -3.26. The monoisotopic (exact) mass is 406 g/mol. The lowest BCUT2D eigenvalue weighted by molar-refractivity contribution is 0.0958. The van der Waals surface area contributed by atoms with Crippen molar-refractivity contribution < 1.29 is 4.79 Å². The minimum atomic E-state index is -0.180. The summed E-state index contributed by atoms with van der Waals surface area (Å²) in [6, 6.07) is 7.75. The molecule has 4 heterocycles. The van der Waals surface area contributed by atoms with Crippen LogP contribution in [0.2, 0.25) is 0 Å². The fraction of sp³-hybridized carbons (Fsp3) is 0.364. The zero-order valence-corrected chi connectivity index (χ0v) is 17.5. The lowest BCUT2D eigenvalue weighted by Gasteiger charge is -2.39. The molecular formula is C22H26N6O2. The SMILES string of the molecule is CNC(=O)c1ccc(N2CCN([C@H](C)c3cnc4cc(C)c(=O)[nH]c4c3)CC2)cn1. The summed E-state index contributed by atoms with van der Waals surface area (Å²) in [5.41, 5.74) is 4.72. The Bertz CT molecular complexity index is 1120. The topological polar surface area (TPSA) is 94.2 Å². The Balaban J connectivity index is 1.43. The van der Waals surface area contributed by atoms with Crippen LogP contribution in [0.25, 0.3) is 11.0 Å². The zero-order chi connectivity index (χ0) is 21.3. The summed E-state index contributed by atoms with van der Waals surface area (Å²) in [5.74, 6) is -0.180. The fourth-order valence-electron chi connectivity index (χ4n) is 3.84. The van der Waals surface area contributed by atoms with Crippen LogP contribution >= 0.6 is 0 Å². The van der Waals surface area contributed by atoms with Crippen LogP contribution in [0.1, 0.15) is 34.6 Å². The molecule has 0 spiro atoms. The third-order valence-electron chi connectivity index (χ3n) is 5.82. The number of anilines is 1. The lowest BCUT2D eigenvalue weighted by Crippen LogP contribution is -2.47. The number of carbonyl (C=O) groups excluding carboxylic acids is 1. The number of nitrogens with zero attached hydrogens (tertiary/aromatic N) is 4. The van der Waals surface area contributed by atoms with Crippen molar-refractivity contribution in [2.45, 2.75) is 19.9 Å². The number of aromatic amines is 1. The normalized spacial score (nSPS) is 15.9. The van der Waals surface area contributed by atoms with Crippen LogP contribution in [0.4, 0.5) is 5.69 Å². The van der Waals surface area contributed by atoms with Gasteiger partial charge in [0.25, 0.3) is 11.5 Å². The van der Waals surface area contributed by atoms with Gasteiger partial charge < -0.3 is 15.2 Å². The lowest BCUT2D eigenvalue weighted by atomic mass is 10.1. The quantitative estimate of drug-likeness (QED) is 0.687. The number of aromatic nitrogens is 3. The van der Waals surface area contributed by atoms with Crippen LogP contribution in [0.5, 0.6) is 0 Å². The molecule has 156 valence electrons. The van der Waals surface area contributed by atoms with Crippen molar-refractivity contribution in [3.05, 3.63) is 63.8 Å². The van der Waals surface area contributed by atoms with Crippen molar-refractivity contribution >= 4 is 22.6 Å². The average molecular weight is 406 g/mol. The number of nitrogens with one attached hydrogen (secondary N) is 2. The highest BCUT2D eigenvalue weighted by molar-refractivity contribution is 5.92.